The minimum absolute atomic E-state index is 0.0561. The Hall–Kier alpha value is -2.67. The highest BCUT2D eigenvalue weighted by Gasteiger charge is 2.29. The molecule has 132 valence electrons. The molecule has 6 nitrogen and oxygen atoms in total. The van der Waals surface area contributed by atoms with Crippen LogP contribution in [0, 0.1) is 0 Å². The van der Waals surface area contributed by atoms with Crippen LogP contribution in [0.25, 0.3) is 10.9 Å². The summed E-state index contributed by atoms with van der Waals surface area (Å²) in [5.41, 5.74) is 11.8. The second-order valence-electron chi connectivity index (χ2n) is 6.20. The van der Waals surface area contributed by atoms with Gasteiger partial charge in [-0.05, 0) is 30.2 Å². The third-order valence-corrected chi connectivity index (χ3v) is 4.74. The maximum Gasteiger partial charge on any atom is 0.258 e. The Labute approximate surface area is 155 Å². The first-order valence-corrected chi connectivity index (χ1v) is 8.74. The van der Waals surface area contributed by atoms with Crippen LogP contribution in [0.4, 0.5) is 0 Å². The van der Waals surface area contributed by atoms with E-state index < -0.39 is 0 Å². The van der Waals surface area contributed by atoms with E-state index >= 15 is 0 Å². The predicted molar refractivity (Wildman–Crippen MR) is 103 cm³/mol. The number of amides is 1. The monoisotopic (exact) mass is 367 g/mol. The quantitative estimate of drug-likeness (QED) is 0.423. The zero-order chi connectivity index (χ0) is 17.9. The number of aromatic amines is 1. The Kier molecular flexibility index (Phi) is 4.71. The largest absolute Gasteiger partial charge is 0.361 e. The van der Waals surface area contributed by atoms with Gasteiger partial charge in [-0.3, -0.25) is 4.79 Å². The van der Waals surface area contributed by atoms with Gasteiger partial charge in [0.1, 0.15) is 6.04 Å². The standard InChI is InChI=1S/C19H18ClN5O/c20-14-7-5-12(6-8-14)17-9-18(24-23-17)19(26)25-22-11-13-10-21-16-4-2-1-3-15(13)16/h1-8,10-11,17-18,21,23-24H,9H2,(H,25,26)/b22-11+. The van der Waals surface area contributed by atoms with E-state index in [2.05, 4.69) is 26.4 Å². The molecule has 1 aromatic heterocycles. The number of H-pyrrole nitrogens is 1. The number of halogens is 1. The highest BCUT2D eigenvalue weighted by molar-refractivity contribution is 6.30. The van der Waals surface area contributed by atoms with Crippen molar-refractivity contribution >= 4 is 34.6 Å². The number of benzene rings is 2. The van der Waals surface area contributed by atoms with E-state index in [1.54, 1.807) is 6.21 Å². The average molecular weight is 368 g/mol. The number of nitrogens with zero attached hydrogens (tertiary/aromatic N) is 1. The Balaban J connectivity index is 1.36. The van der Waals surface area contributed by atoms with Crippen LogP contribution in [-0.4, -0.2) is 23.1 Å². The summed E-state index contributed by atoms with van der Waals surface area (Å²) in [6.45, 7) is 0. The van der Waals surface area contributed by atoms with Gasteiger partial charge in [-0.15, -0.1) is 0 Å². The van der Waals surface area contributed by atoms with Crippen LogP contribution in [0.5, 0.6) is 0 Å². The number of carbonyl (C=O) groups excluding carboxylic acids is 1. The van der Waals surface area contributed by atoms with Gasteiger partial charge in [-0.25, -0.2) is 16.3 Å². The summed E-state index contributed by atoms with van der Waals surface area (Å²) >= 11 is 5.92. The molecule has 2 unspecified atom stereocenters. The minimum Gasteiger partial charge on any atom is -0.361 e. The van der Waals surface area contributed by atoms with Gasteiger partial charge < -0.3 is 4.98 Å². The van der Waals surface area contributed by atoms with E-state index in [0.29, 0.717) is 11.4 Å². The lowest BCUT2D eigenvalue weighted by Gasteiger charge is -2.09. The summed E-state index contributed by atoms with van der Waals surface area (Å²) in [7, 11) is 0. The zero-order valence-corrected chi connectivity index (χ0v) is 14.6. The van der Waals surface area contributed by atoms with Crippen molar-refractivity contribution in [1.82, 2.24) is 21.3 Å². The van der Waals surface area contributed by atoms with E-state index in [4.69, 9.17) is 11.6 Å². The van der Waals surface area contributed by atoms with Crippen molar-refractivity contribution in [2.45, 2.75) is 18.5 Å². The first-order valence-electron chi connectivity index (χ1n) is 8.36. The molecule has 1 fully saturated rings. The Morgan fingerprint density at radius 3 is 2.81 bits per heavy atom. The summed E-state index contributed by atoms with van der Waals surface area (Å²) in [4.78, 5) is 15.5. The van der Waals surface area contributed by atoms with E-state index in [-0.39, 0.29) is 18.0 Å². The average Bonchev–Trinajstić information content (AvgIpc) is 3.30. The van der Waals surface area contributed by atoms with Crippen LogP contribution in [0.15, 0.2) is 59.8 Å². The van der Waals surface area contributed by atoms with Crippen molar-refractivity contribution in [1.29, 1.82) is 0 Å². The molecule has 2 atom stereocenters. The summed E-state index contributed by atoms with van der Waals surface area (Å²) in [6, 6.07) is 15.2. The highest BCUT2D eigenvalue weighted by Crippen LogP contribution is 2.23. The van der Waals surface area contributed by atoms with Crippen molar-refractivity contribution in [3.63, 3.8) is 0 Å². The lowest BCUT2D eigenvalue weighted by atomic mass is 10.0. The highest BCUT2D eigenvalue weighted by atomic mass is 35.5. The summed E-state index contributed by atoms with van der Waals surface area (Å²) in [6.07, 6.45) is 4.15. The second-order valence-corrected chi connectivity index (χ2v) is 6.64. The smallest absolute Gasteiger partial charge is 0.258 e. The summed E-state index contributed by atoms with van der Waals surface area (Å²) in [5.74, 6) is -0.176. The lowest BCUT2D eigenvalue weighted by Crippen LogP contribution is -2.41. The Bertz CT molecular complexity index is 950. The number of para-hydroxylation sites is 1. The van der Waals surface area contributed by atoms with Gasteiger partial charge in [-0.1, -0.05) is 41.9 Å². The number of hydrazine groups is 1. The molecule has 4 rings (SSSR count). The normalized spacial score (nSPS) is 20.0. The molecule has 26 heavy (non-hydrogen) atoms. The fraction of sp³-hybridized carbons (Fsp3) is 0.158. The van der Waals surface area contributed by atoms with Crippen LogP contribution in [0.2, 0.25) is 5.02 Å². The molecule has 7 heteroatoms. The molecule has 0 bridgehead atoms. The SMILES string of the molecule is O=C(N/N=C/c1c[nH]c2ccccc12)C1CC(c2ccc(Cl)cc2)NN1. The molecule has 1 aliphatic heterocycles. The van der Waals surface area contributed by atoms with Gasteiger partial charge in [0, 0.05) is 33.7 Å². The van der Waals surface area contributed by atoms with Crippen LogP contribution >= 0.6 is 11.6 Å². The van der Waals surface area contributed by atoms with Gasteiger partial charge >= 0.3 is 0 Å². The van der Waals surface area contributed by atoms with Crippen LogP contribution in [0.3, 0.4) is 0 Å². The van der Waals surface area contributed by atoms with Gasteiger partial charge in [-0.2, -0.15) is 5.10 Å². The van der Waals surface area contributed by atoms with E-state index in [0.717, 1.165) is 22.0 Å². The fourth-order valence-corrected chi connectivity index (χ4v) is 3.21. The van der Waals surface area contributed by atoms with Crippen LogP contribution in [0.1, 0.15) is 23.6 Å². The number of hydrazone groups is 1. The number of hydrogen-bond donors (Lipinski definition) is 4. The van der Waals surface area contributed by atoms with Gasteiger partial charge in [0.15, 0.2) is 0 Å². The van der Waals surface area contributed by atoms with E-state index in [1.165, 1.54) is 0 Å². The summed E-state index contributed by atoms with van der Waals surface area (Å²) < 4.78 is 0. The molecule has 1 aliphatic rings. The van der Waals surface area contributed by atoms with Gasteiger partial charge in [0.2, 0.25) is 0 Å². The van der Waals surface area contributed by atoms with E-state index in [9.17, 15) is 4.79 Å². The zero-order valence-electron chi connectivity index (χ0n) is 13.9. The number of hydrogen-bond acceptors (Lipinski definition) is 4. The molecule has 0 saturated carbocycles. The molecule has 1 amide bonds. The predicted octanol–water partition coefficient (Wildman–Crippen LogP) is 2.88. The lowest BCUT2D eigenvalue weighted by molar-refractivity contribution is -0.122. The Morgan fingerprint density at radius 2 is 1.96 bits per heavy atom. The second kappa shape index (κ2) is 7.29. The van der Waals surface area contributed by atoms with Crippen molar-refractivity contribution in [2.75, 3.05) is 0 Å². The number of aromatic nitrogens is 1. The molecular weight excluding hydrogens is 350 g/mol. The van der Waals surface area contributed by atoms with Crippen molar-refractivity contribution in [3.05, 3.63) is 70.9 Å². The first kappa shape index (κ1) is 16.8. The van der Waals surface area contributed by atoms with Crippen LogP contribution < -0.4 is 16.3 Å². The number of fused-ring (bicyclic) bond motifs is 1. The molecule has 2 aromatic carbocycles. The molecule has 0 spiro atoms. The fourth-order valence-electron chi connectivity index (χ4n) is 3.09. The molecule has 3 aromatic rings. The number of nitrogens with one attached hydrogen (secondary N) is 4. The van der Waals surface area contributed by atoms with Crippen LogP contribution in [-0.2, 0) is 4.79 Å². The molecule has 0 radical (unpaired) electrons. The maximum absolute atomic E-state index is 12.3. The first-order chi connectivity index (χ1) is 12.7. The maximum atomic E-state index is 12.3. The van der Waals surface area contributed by atoms with Crippen molar-refractivity contribution in [3.8, 4) is 0 Å². The van der Waals surface area contributed by atoms with Crippen molar-refractivity contribution in [2.24, 2.45) is 5.10 Å². The van der Waals surface area contributed by atoms with Gasteiger partial charge in [0.25, 0.3) is 5.91 Å². The minimum atomic E-state index is -0.351. The molecule has 1 saturated heterocycles. The number of rotatable bonds is 4. The van der Waals surface area contributed by atoms with Gasteiger partial charge in [0.05, 0.1) is 6.21 Å². The molecule has 4 N–H and O–H groups in total. The third kappa shape index (κ3) is 3.48. The molecular formula is C19H18ClN5O. The molecule has 2 heterocycles. The summed E-state index contributed by atoms with van der Waals surface area (Å²) in [5, 5.41) is 5.85. The topological polar surface area (TPSA) is 81.3 Å². The number of carbonyl (C=O) groups is 1. The van der Waals surface area contributed by atoms with Crippen molar-refractivity contribution < 1.29 is 4.79 Å². The molecule has 0 aliphatic carbocycles. The Morgan fingerprint density at radius 1 is 1.15 bits per heavy atom. The third-order valence-electron chi connectivity index (χ3n) is 4.49. The van der Waals surface area contributed by atoms with E-state index in [1.807, 2.05) is 54.7 Å².